The van der Waals surface area contributed by atoms with Crippen LogP contribution in [0.3, 0.4) is 0 Å². The van der Waals surface area contributed by atoms with Gasteiger partial charge in [-0.1, -0.05) is 0 Å². The number of carbonyl (C=O) groups excluding carboxylic acids is 1. The van der Waals surface area contributed by atoms with E-state index in [0.29, 0.717) is 6.42 Å². The Balaban J connectivity index is 2.96. The number of esters is 1. The molecule has 1 unspecified atom stereocenters. The van der Waals surface area contributed by atoms with Gasteiger partial charge in [0, 0.05) is 29.4 Å². The fourth-order valence-corrected chi connectivity index (χ4v) is 1.72. The van der Waals surface area contributed by atoms with Gasteiger partial charge in [-0.15, -0.1) is 0 Å². The summed E-state index contributed by atoms with van der Waals surface area (Å²) in [5, 5.41) is 0. The van der Waals surface area contributed by atoms with Gasteiger partial charge in [0.25, 0.3) is 0 Å². The van der Waals surface area contributed by atoms with E-state index >= 15 is 0 Å². The Morgan fingerprint density at radius 1 is 1.47 bits per heavy atom. The normalized spacial score (nSPS) is 12.1. The van der Waals surface area contributed by atoms with Gasteiger partial charge in [0.2, 0.25) is 0 Å². The average molecular weight is 238 g/mol. The second-order valence-corrected chi connectivity index (χ2v) is 3.88. The van der Waals surface area contributed by atoms with Crippen molar-refractivity contribution in [1.82, 2.24) is 4.98 Å². The van der Waals surface area contributed by atoms with E-state index in [0.717, 1.165) is 22.6 Å². The first-order valence-electron chi connectivity index (χ1n) is 5.33. The Morgan fingerprint density at radius 2 is 2.12 bits per heavy atom. The lowest BCUT2D eigenvalue weighted by atomic mass is 10.0. The Morgan fingerprint density at radius 3 is 2.65 bits per heavy atom. The van der Waals surface area contributed by atoms with Crippen LogP contribution in [-0.2, 0) is 16.0 Å². The third kappa shape index (κ3) is 2.94. The molecule has 0 aliphatic heterocycles. The van der Waals surface area contributed by atoms with Gasteiger partial charge < -0.3 is 15.2 Å². The molecular weight excluding hydrogens is 220 g/mol. The molecule has 0 bridgehead atoms. The van der Waals surface area contributed by atoms with Crippen LogP contribution in [0.4, 0.5) is 0 Å². The van der Waals surface area contributed by atoms with Gasteiger partial charge in [-0.2, -0.15) is 0 Å². The fourth-order valence-electron chi connectivity index (χ4n) is 1.72. The van der Waals surface area contributed by atoms with Crippen LogP contribution in [0, 0.1) is 13.8 Å². The Labute approximate surface area is 101 Å². The average Bonchev–Trinajstić information content (AvgIpc) is 2.32. The van der Waals surface area contributed by atoms with Gasteiger partial charge in [0.05, 0.1) is 14.2 Å². The van der Waals surface area contributed by atoms with Crippen molar-refractivity contribution in [3.63, 3.8) is 0 Å². The van der Waals surface area contributed by atoms with Crippen molar-refractivity contribution in [1.29, 1.82) is 0 Å². The molecule has 0 saturated heterocycles. The number of pyridine rings is 1. The lowest BCUT2D eigenvalue weighted by Gasteiger charge is -2.14. The van der Waals surface area contributed by atoms with Gasteiger partial charge in [-0.3, -0.25) is 9.78 Å². The van der Waals surface area contributed by atoms with Crippen molar-refractivity contribution in [2.75, 3.05) is 14.2 Å². The SMILES string of the molecule is COC(=O)C(N)Cc1ncc(C)c(OC)c1C. The third-order valence-electron chi connectivity index (χ3n) is 2.67. The highest BCUT2D eigenvalue weighted by atomic mass is 16.5. The van der Waals surface area contributed by atoms with Gasteiger partial charge in [-0.05, 0) is 13.8 Å². The summed E-state index contributed by atoms with van der Waals surface area (Å²) in [7, 11) is 2.93. The van der Waals surface area contributed by atoms with Crippen LogP contribution in [0.5, 0.6) is 5.75 Å². The Kier molecular flexibility index (Phi) is 4.45. The lowest BCUT2D eigenvalue weighted by Crippen LogP contribution is -2.34. The van der Waals surface area contributed by atoms with Crippen molar-refractivity contribution in [3.05, 3.63) is 23.0 Å². The maximum absolute atomic E-state index is 11.2. The number of nitrogens with zero attached hydrogens (tertiary/aromatic N) is 1. The van der Waals surface area contributed by atoms with Gasteiger partial charge >= 0.3 is 5.97 Å². The molecular formula is C12H18N2O3. The molecule has 1 heterocycles. The molecule has 94 valence electrons. The quantitative estimate of drug-likeness (QED) is 0.783. The number of rotatable bonds is 4. The number of hydrogen-bond acceptors (Lipinski definition) is 5. The van der Waals surface area contributed by atoms with E-state index in [4.69, 9.17) is 10.5 Å². The number of aryl methyl sites for hydroxylation is 1. The first kappa shape index (κ1) is 13.4. The maximum atomic E-state index is 11.2. The molecule has 1 aromatic rings. The van der Waals surface area contributed by atoms with E-state index in [9.17, 15) is 4.79 Å². The highest BCUT2D eigenvalue weighted by molar-refractivity contribution is 5.75. The van der Waals surface area contributed by atoms with Crippen LogP contribution in [0.25, 0.3) is 0 Å². The number of ether oxygens (including phenoxy) is 2. The zero-order valence-corrected chi connectivity index (χ0v) is 10.6. The zero-order valence-electron chi connectivity index (χ0n) is 10.6. The molecule has 0 amide bonds. The molecule has 0 radical (unpaired) electrons. The van der Waals surface area contributed by atoms with Crippen molar-refractivity contribution >= 4 is 5.97 Å². The molecule has 0 aliphatic carbocycles. The summed E-state index contributed by atoms with van der Waals surface area (Å²) in [4.78, 5) is 15.5. The second kappa shape index (κ2) is 5.63. The number of aromatic nitrogens is 1. The number of methoxy groups -OCH3 is 2. The first-order valence-corrected chi connectivity index (χ1v) is 5.33. The topological polar surface area (TPSA) is 74.4 Å². The predicted octanol–water partition coefficient (Wildman–Crippen LogP) is 0.750. The van der Waals surface area contributed by atoms with E-state index < -0.39 is 12.0 Å². The van der Waals surface area contributed by atoms with Crippen LogP contribution in [-0.4, -0.2) is 31.2 Å². The number of carbonyl (C=O) groups is 1. The maximum Gasteiger partial charge on any atom is 0.323 e. The van der Waals surface area contributed by atoms with Gasteiger partial charge in [0.1, 0.15) is 11.8 Å². The van der Waals surface area contributed by atoms with E-state index in [-0.39, 0.29) is 0 Å². The summed E-state index contributed by atoms with van der Waals surface area (Å²) >= 11 is 0. The molecule has 0 fully saturated rings. The van der Waals surface area contributed by atoms with Crippen LogP contribution in [0.15, 0.2) is 6.20 Å². The number of hydrogen-bond donors (Lipinski definition) is 1. The summed E-state index contributed by atoms with van der Waals surface area (Å²) in [5.41, 5.74) is 8.33. The molecule has 0 spiro atoms. The molecule has 1 aromatic heterocycles. The van der Waals surface area contributed by atoms with Crippen molar-refractivity contribution in [3.8, 4) is 5.75 Å². The van der Waals surface area contributed by atoms with E-state index in [1.165, 1.54) is 7.11 Å². The second-order valence-electron chi connectivity index (χ2n) is 3.88. The molecule has 1 atom stereocenters. The zero-order chi connectivity index (χ0) is 13.0. The Hall–Kier alpha value is -1.62. The minimum Gasteiger partial charge on any atom is -0.496 e. The van der Waals surface area contributed by atoms with Crippen LogP contribution < -0.4 is 10.5 Å². The minimum atomic E-state index is -0.696. The molecule has 0 saturated carbocycles. The largest absolute Gasteiger partial charge is 0.496 e. The molecule has 5 nitrogen and oxygen atoms in total. The summed E-state index contributed by atoms with van der Waals surface area (Å²) < 4.78 is 9.87. The third-order valence-corrected chi connectivity index (χ3v) is 2.67. The molecule has 2 N–H and O–H groups in total. The van der Waals surface area contributed by atoms with Crippen LogP contribution in [0.2, 0.25) is 0 Å². The van der Waals surface area contributed by atoms with E-state index in [1.54, 1.807) is 13.3 Å². The summed E-state index contributed by atoms with van der Waals surface area (Å²) in [5.74, 6) is 0.345. The van der Waals surface area contributed by atoms with Gasteiger partial charge in [-0.25, -0.2) is 0 Å². The van der Waals surface area contributed by atoms with E-state index in [2.05, 4.69) is 9.72 Å². The molecule has 0 aliphatic rings. The summed E-state index contributed by atoms with van der Waals surface area (Å²) in [6.07, 6.45) is 2.06. The predicted molar refractivity (Wildman–Crippen MR) is 64.0 cm³/mol. The minimum absolute atomic E-state index is 0.342. The summed E-state index contributed by atoms with van der Waals surface area (Å²) in [6, 6.07) is -0.696. The Bertz CT molecular complexity index is 418. The fraction of sp³-hybridized carbons (Fsp3) is 0.500. The van der Waals surface area contributed by atoms with Crippen molar-refractivity contribution < 1.29 is 14.3 Å². The van der Waals surface area contributed by atoms with Crippen molar-refractivity contribution in [2.45, 2.75) is 26.3 Å². The number of nitrogens with two attached hydrogens (primary N) is 1. The standard InChI is InChI=1S/C12H18N2O3/c1-7-6-14-10(8(2)11(7)16-3)5-9(13)12(15)17-4/h6,9H,5,13H2,1-4H3. The van der Waals surface area contributed by atoms with Crippen molar-refractivity contribution in [2.24, 2.45) is 5.73 Å². The molecule has 5 heteroatoms. The highest BCUT2D eigenvalue weighted by Crippen LogP contribution is 2.24. The van der Waals surface area contributed by atoms with Gasteiger partial charge in [0.15, 0.2) is 0 Å². The first-order chi connectivity index (χ1) is 8.01. The lowest BCUT2D eigenvalue weighted by molar-refractivity contribution is -0.142. The molecule has 0 aromatic carbocycles. The monoisotopic (exact) mass is 238 g/mol. The van der Waals surface area contributed by atoms with Crippen LogP contribution in [0.1, 0.15) is 16.8 Å². The smallest absolute Gasteiger partial charge is 0.323 e. The van der Waals surface area contributed by atoms with E-state index in [1.807, 2.05) is 13.8 Å². The summed E-state index contributed by atoms with van der Waals surface area (Å²) in [6.45, 7) is 3.82. The highest BCUT2D eigenvalue weighted by Gasteiger charge is 2.18. The van der Waals surface area contributed by atoms with Crippen LogP contribution >= 0.6 is 0 Å². The molecule has 1 rings (SSSR count). The molecule has 17 heavy (non-hydrogen) atoms.